The van der Waals surface area contributed by atoms with E-state index < -0.39 is 0 Å². The zero-order chi connectivity index (χ0) is 10.7. The molecule has 0 saturated heterocycles. The first-order valence-electron chi connectivity index (χ1n) is 5.03. The molecule has 0 fully saturated rings. The van der Waals surface area contributed by atoms with Crippen LogP contribution in [0.25, 0.3) is 0 Å². The SMILES string of the molecule is Cc1ccc(CNC(C)c2ncc[nH]2)s1. The first-order valence-corrected chi connectivity index (χ1v) is 5.85. The first-order chi connectivity index (χ1) is 7.25. The average Bonchev–Trinajstić information content (AvgIpc) is 2.84. The number of H-pyrrole nitrogens is 1. The maximum absolute atomic E-state index is 4.22. The van der Waals surface area contributed by atoms with Gasteiger partial charge in [-0.25, -0.2) is 4.98 Å². The highest BCUT2D eigenvalue weighted by molar-refractivity contribution is 7.11. The summed E-state index contributed by atoms with van der Waals surface area (Å²) >= 11 is 1.83. The molecule has 1 unspecified atom stereocenters. The van der Waals surface area contributed by atoms with Crippen molar-refractivity contribution in [1.82, 2.24) is 15.3 Å². The molecule has 0 aliphatic rings. The molecule has 0 spiro atoms. The largest absolute Gasteiger partial charge is 0.347 e. The van der Waals surface area contributed by atoms with Crippen LogP contribution in [0.2, 0.25) is 0 Å². The zero-order valence-electron chi connectivity index (χ0n) is 8.95. The molecule has 0 radical (unpaired) electrons. The molecule has 0 amide bonds. The molecule has 0 bridgehead atoms. The Bertz CT molecular complexity index is 405. The van der Waals surface area contributed by atoms with Gasteiger partial charge in [0.05, 0.1) is 6.04 Å². The fraction of sp³-hybridized carbons (Fsp3) is 0.364. The van der Waals surface area contributed by atoms with Crippen LogP contribution < -0.4 is 5.32 Å². The quantitative estimate of drug-likeness (QED) is 0.833. The number of hydrogen-bond donors (Lipinski definition) is 2. The molecule has 15 heavy (non-hydrogen) atoms. The lowest BCUT2D eigenvalue weighted by Gasteiger charge is -2.09. The van der Waals surface area contributed by atoms with Crippen molar-refractivity contribution in [2.45, 2.75) is 26.4 Å². The molecular formula is C11H15N3S. The number of hydrogen-bond acceptors (Lipinski definition) is 3. The number of imidazole rings is 1. The fourth-order valence-electron chi connectivity index (χ4n) is 1.44. The van der Waals surface area contributed by atoms with E-state index >= 15 is 0 Å². The normalized spacial score (nSPS) is 12.9. The van der Waals surface area contributed by atoms with Crippen LogP contribution in [0, 0.1) is 6.92 Å². The second kappa shape index (κ2) is 4.59. The van der Waals surface area contributed by atoms with Gasteiger partial charge in [0.1, 0.15) is 5.82 Å². The van der Waals surface area contributed by atoms with Gasteiger partial charge in [-0.1, -0.05) is 0 Å². The van der Waals surface area contributed by atoms with Crippen molar-refractivity contribution >= 4 is 11.3 Å². The average molecular weight is 221 g/mol. The Hall–Kier alpha value is -1.13. The Morgan fingerprint density at radius 2 is 2.40 bits per heavy atom. The summed E-state index contributed by atoms with van der Waals surface area (Å²) in [5.74, 6) is 0.989. The van der Waals surface area contributed by atoms with Crippen LogP contribution in [0.1, 0.15) is 28.5 Å². The van der Waals surface area contributed by atoms with Gasteiger partial charge < -0.3 is 10.3 Å². The number of aryl methyl sites for hydroxylation is 1. The second-order valence-electron chi connectivity index (χ2n) is 3.59. The highest BCUT2D eigenvalue weighted by Gasteiger charge is 2.06. The fourth-order valence-corrected chi connectivity index (χ4v) is 2.29. The molecule has 4 heteroatoms. The highest BCUT2D eigenvalue weighted by atomic mass is 32.1. The molecule has 0 aliphatic heterocycles. The van der Waals surface area contributed by atoms with Gasteiger partial charge >= 0.3 is 0 Å². The molecule has 1 atom stereocenters. The van der Waals surface area contributed by atoms with E-state index in [0.717, 1.165) is 12.4 Å². The van der Waals surface area contributed by atoms with Crippen molar-refractivity contribution in [2.24, 2.45) is 0 Å². The van der Waals surface area contributed by atoms with Crippen molar-refractivity contribution in [3.63, 3.8) is 0 Å². The summed E-state index contributed by atoms with van der Waals surface area (Å²) in [6, 6.07) is 4.59. The van der Waals surface area contributed by atoms with Crippen molar-refractivity contribution in [1.29, 1.82) is 0 Å². The molecule has 0 aliphatic carbocycles. The zero-order valence-corrected chi connectivity index (χ0v) is 9.77. The summed E-state index contributed by atoms with van der Waals surface area (Å²) in [4.78, 5) is 10.1. The third-order valence-electron chi connectivity index (χ3n) is 2.31. The summed E-state index contributed by atoms with van der Waals surface area (Å²) in [5, 5.41) is 3.43. The second-order valence-corrected chi connectivity index (χ2v) is 4.96. The van der Waals surface area contributed by atoms with Crippen LogP contribution in [0.3, 0.4) is 0 Å². The summed E-state index contributed by atoms with van der Waals surface area (Å²) in [7, 11) is 0. The molecule has 2 heterocycles. The summed E-state index contributed by atoms with van der Waals surface area (Å²) in [6.07, 6.45) is 3.63. The Morgan fingerprint density at radius 3 is 3.00 bits per heavy atom. The Labute approximate surface area is 93.6 Å². The predicted octanol–water partition coefficient (Wildman–Crippen LogP) is 2.63. The first kappa shape index (κ1) is 10.4. The van der Waals surface area contributed by atoms with Crippen LogP contribution in [0.15, 0.2) is 24.5 Å². The smallest absolute Gasteiger partial charge is 0.122 e. The Kier molecular flexibility index (Phi) is 3.18. The molecule has 2 N–H and O–H groups in total. The molecule has 0 aromatic carbocycles. The summed E-state index contributed by atoms with van der Waals surface area (Å²) in [5.41, 5.74) is 0. The van der Waals surface area contributed by atoms with Gasteiger partial charge in [0.25, 0.3) is 0 Å². The lowest BCUT2D eigenvalue weighted by Crippen LogP contribution is -2.18. The molecule has 2 rings (SSSR count). The number of nitrogens with one attached hydrogen (secondary N) is 2. The van der Waals surface area contributed by atoms with E-state index in [9.17, 15) is 0 Å². The number of aromatic nitrogens is 2. The number of nitrogens with zero attached hydrogens (tertiary/aromatic N) is 1. The monoisotopic (exact) mass is 221 g/mol. The van der Waals surface area contributed by atoms with Crippen molar-refractivity contribution < 1.29 is 0 Å². The van der Waals surface area contributed by atoms with E-state index in [-0.39, 0.29) is 6.04 Å². The van der Waals surface area contributed by atoms with Crippen LogP contribution >= 0.6 is 11.3 Å². The van der Waals surface area contributed by atoms with Crippen molar-refractivity contribution in [2.75, 3.05) is 0 Å². The summed E-state index contributed by atoms with van der Waals surface area (Å²) in [6.45, 7) is 5.14. The van der Waals surface area contributed by atoms with Crippen molar-refractivity contribution in [3.8, 4) is 0 Å². The van der Waals surface area contributed by atoms with Gasteiger partial charge in [-0.05, 0) is 26.0 Å². The van der Waals surface area contributed by atoms with Crippen LogP contribution in [-0.2, 0) is 6.54 Å². The lowest BCUT2D eigenvalue weighted by molar-refractivity contribution is 0.554. The third-order valence-corrected chi connectivity index (χ3v) is 3.31. The maximum Gasteiger partial charge on any atom is 0.122 e. The minimum Gasteiger partial charge on any atom is -0.347 e. The van der Waals surface area contributed by atoms with Crippen LogP contribution in [0.5, 0.6) is 0 Å². The number of rotatable bonds is 4. The van der Waals surface area contributed by atoms with E-state index in [1.165, 1.54) is 9.75 Å². The van der Waals surface area contributed by atoms with Crippen molar-refractivity contribution in [3.05, 3.63) is 40.1 Å². The molecule has 80 valence electrons. The summed E-state index contributed by atoms with van der Waals surface area (Å²) < 4.78 is 0. The van der Waals surface area contributed by atoms with Gasteiger partial charge in [-0.2, -0.15) is 0 Å². The molecule has 0 saturated carbocycles. The standard InChI is InChI=1S/C11H15N3S/c1-8-3-4-10(15-8)7-14-9(2)11-12-5-6-13-11/h3-6,9,14H,7H2,1-2H3,(H,12,13). The molecule has 3 nitrogen and oxygen atoms in total. The van der Waals surface area contributed by atoms with E-state index in [1.54, 1.807) is 6.20 Å². The lowest BCUT2D eigenvalue weighted by atomic mass is 10.3. The van der Waals surface area contributed by atoms with Gasteiger partial charge in [-0.3, -0.25) is 0 Å². The topological polar surface area (TPSA) is 40.7 Å². The molecule has 2 aromatic rings. The predicted molar refractivity (Wildman–Crippen MR) is 62.9 cm³/mol. The maximum atomic E-state index is 4.22. The van der Waals surface area contributed by atoms with E-state index in [0.29, 0.717) is 0 Å². The van der Waals surface area contributed by atoms with Crippen LogP contribution in [-0.4, -0.2) is 9.97 Å². The van der Waals surface area contributed by atoms with E-state index in [4.69, 9.17) is 0 Å². The minimum atomic E-state index is 0.266. The van der Waals surface area contributed by atoms with Crippen LogP contribution in [0.4, 0.5) is 0 Å². The third kappa shape index (κ3) is 2.67. The van der Waals surface area contributed by atoms with E-state index in [1.807, 2.05) is 17.5 Å². The molecule has 2 aromatic heterocycles. The van der Waals surface area contributed by atoms with Gasteiger partial charge in [-0.15, -0.1) is 11.3 Å². The van der Waals surface area contributed by atoms with E-state index in [2.05, 4.69) is 41.3 Å². The Balaban J connectivity index is 1.88. The van der Waals surface area contributed by atoms with Gasteiger partial charge in [0.15, 0.2) is 0 Å². The Morgan fingerprint density at radius 1 is 1.53 bits per heavy atom. The van der Waals surface area contributed by atoms with Gasteiger partial charge in [0, 0.05) is 28.7 Å². The highest BCUT2D eigenvalue weighted by Crippen LogP contribution is 2.16. The molecular weight excluding hydrogens is 206 g/mol. The van der Waals surface area contributed by atoms with Gasteiger partial charge in [0.2, 0.25) is 0 Å². The number of aromatic amines is 1. The number of thiophene rings is 1. The minimum absolute atomic E-state index is 0.266.